The molecule has 1 aromatic heterocycles. The van der Waals surface area contributed by atoms with Crippen molar-refractivity contribution in [3.05, 3.63) is 72.3 Å². The van der Waals surface area contributed by atoms with Gasteiger partial charge in [-0.1, -0.05) is 18.2 Å². The van der Waals surface area contributed by atoms with Crippen molar-refractivity contribution in [2.45, 2.75) is 13.5 Å². The highest BCUT2D eigenvalue weighted by Crippen LogP contribution is 2.32. The van der Waals surface area contributed by atoms with Gasteiger partial charge in [-0.3, -0.25) is 4.79 Å². The number of hydrogen-bond donors (Lipinski definition) is 1. The number of azo groups is 1. The van der Waals surface area contributed by atoms with Crippen LogP contribution in [0.25, 0.3) is 21.8 Å². The average Bonchev–Trinajstić information content (AvgIpc) is 2.99. The number of fused-ring (bicyclic) bond motifs is 3. The second-order valence-corrected chi connectivity index (χ2v) is 6.07. The van der Waals surface area contributed by atoms with Crippen molar-refractivity contribution < 1.29 is 4.79 Å². The normalized spacial score (nSPS) is 11.6. The third kappa shape index (κ3) is 2.73. The molecule has 5 nitrogen and oxygen atoms in total. The molecule has 2 N–H and O–H groups in total. The molecule has 0 spiro atoms. The number of para-hydroxylation sites is 1. The first-order chi connectivity index (χ1) is 12.7. The van der Waals surface area contributed by atoms with Gasteiger partial charge in [0.2, 0.25) is 5.91 Å². The Morgan fingerprint density at radius 3 is 2.27 bits per heavy atom. The Hall–Kier alpha value is -3.47. The van der Waals surface area contributed by atoms with Gasteiger partial charge in [-0.25, -0.2) is 0 Å². The average molecular weight is 342 g/mol. The van der Waals surface area contributed by atoms with Gasteiger partial charge in [0.05, 0.1) is 11.4 Å². The Labute approximate surface area is 150 Å². The van der Waals surface area contributed by atoms with Crippen LogP contribution in [0.4, 0.5) is 11.4 Å². The Morgan fingerprint density at radius 2 is 1.54 bits per heavy atom. The molecule has 128 valence electrons. The van der Waals surface area contributed by atoms with Gasteiger partial charge < -0.3 is 10.3 Å². The first-order valence-electron chi connectivity index (χ1n) is 8.50. The number of hydrogen-bond acceptors (Lipinski definition) is 3. The van der Waals surface area contributed by atoms with Crippen molar-refractivity contribution in [1.82, 2.24) is 4.57 Å². The molecule has 0 atom stereocenters. The zero-order chi connectivity index (χ0) is 18.1. The lowest BCUT2D eigenvalue weighted by molar-refractivity contribution is 0.100. The molecule has 5 heteroatoms. The Balaban J connectivity index is 1.73. The van der Waals surface area contributed by atoms with Gasteiger partial charge in [-0.2, -0.15) is 10.2 Å². The van der Waals surface area contributed by atoms with E-state index in [4.69, 9.17) is 5.73 Å². The van der Waals surface area contributed by atoms with Gasteiger partial charge in [0.25, 0.3) is 0 Å². The standard InChI is InChI=1S/C21H18N4O/c1-2-25-19-6-4-3-5-17(19)18-13-16(11-12-20(18)25)24-23-15-9-7-14(8-10-15)21(22)26/h3-13H,2H2,1H3,(H2,22,26). The van der Waals surface area contributed by atoms with Crippen LogP contribution >= 0.6 is 0 Å². The number of carbonyl (C=O) groups is 1. The molecule has 0 bridgehead atoms. The molecule has 0 fully saturated rings. The fourth-order valence-electron chi connectivity index (χ4n) is 3.25. The summed E-state index contributed by atoms with van der Waals surface area (Å²) in [6, 6.07) is 21.2. The minimum Gasteiger partial charge on any atom is -0.366 e. The Bertz CT molecular complexity index is 1140. The van der Waals surface area contributed by atoms with E-state index in [1.54, 1.807) is 24.3 Å². The largest absolute Gasteiger partial charge is 0.366 e. The summed E-state index contributed by atoms with van der Waals surface area (Å²) in [5.41, 5.74) is 9.58. The molecule has 4 rings (SSSR count). The van der Waals surface area contributed by atoms with Gasteiger partial charge in [0.15, 0.2) is 0 Å². The minimum absolute atomic E-state index is 0.453. The maximum atomic E-state index is 11.1. The third-order valence-corrected chi connectivity index (χ3v) is 4.50. The van der Waals surface area contributed by atoms with E-state index in [1.807, 2.05) is 6.07 Å². The zero-order valence-electron chi connectivity index (χ0n) is 14.4. The molecule has 0 radical (unpaired) electrons. The third-order valence-electron chi connectivity index (χ3n) is 4.50. The molecule has 1 heterocycles. The maximum absolute atomic E-state index is 11.1. The van der Waals surface area contributed by atoms with Crippen LogP contribution < -0.4 is 5.73 Å². The van der Waals surface area contributed by atoms with E-state index >= 15 is 0 Å². The van der Waals surface area contributed by atoms with Crippen molar-refractivity contribution in [3.63, 3.8) is 0 Å². The molecule has 1 amide bonds. The fraction of sp³-hybridized carbons (Fsp3) is 0.0952. The lowest BCUT2D eigenvalue weighted by Crippen LogP contribution is -2.10. The monoisotopic (exact) mass is 342 g/mol. The topological polar surface area (TPSA) is 72.7 Å². The highest BCUT2D eigenvalue weighted by molar-refractivity contribution is 6.08. The van der Waals surface area contributed by atoms with Crippen molar-refractivity contribution in [2.24, 2.45) is 16.0 Å². The van der Waals surface area contributed by atoms with E-state index < -0.39 is 5.91 Å². The molecule has 26 heavy (non-hydrogen) atoms. The molecule has 0 saturated heterocycles. The van der Waals surface area contributed by atoms with E-state index in [0.717, 1.165) is 12.2 Å². The maximum Gasteiger partial charge on any atom is 0.248 e. The van der Waals surface area contributed by atoms with Crippen LogP contribution in [0.5, 0.6) is 0 Å². The highest BCUT2D eigenvalue weighted by atomic mass is 16.1. The van der Waals surface area contributed by atoms with E-state index in [-0.39, 0.29) is 0 Å². The molecule has 0 aliphatic rings. The number of benzene rings is 3. The number of carbonyl (C=O) groups excluding carboxylic acids is 1. The number of nitrogens with zero attached hydrogens (tertiary/aromatic N) is 3. The fourth-order valence-corrected chi connectivity index (χ4v) is 3.25. The Kier molecular flexibility index (Phi) is 3.97. The number of primary amides is 1. The van der Waals surface area contributed by atoms with Crippen LogP contribution in [0.1, 0.15) is 17.3 Å². The second-order valence-electron chi connectivity index (χ2n) is 6.07. The molecule has 0 aliphatic heterocycles. The SMILES string of the molecule is CCn1c2ccccc2c2cc(N=Nc3ccc(C(N)=O)cc3)ccc21. The molecular formula is C21H18N4O. The first-order valence-corrected chi connectivity index (χ1v) is 8.50. The van der Waals surface area contributed by atoms with Gasteiger partial charge in [0.1, 0.15) is 0 Å². The molecular weight excluding hydrogens is 324 g/mol. The molecule has 0 unspecified atom stereocenters. The highest BCUT2D eigenvalue weighted by Gasteiger charge is 2.09. The summed E-state index contributed by atoms with van der Waals surface area (Å²) in [6.07, 6.45) is 0. The van der Waals surface area contributed by atoms with Crippen LogP contribution in [0, 0.1) is 0 Å². The molecule has 0 aliphatic carbocycles. The second kappa shape index (κ2) is 6.44. The van der Waals surface area contributed by atoms with Crippen LogP contribution in [0.3, 0.4) is 0 Å². The van der Waals surface area contributed by atoms with Crippen LogP contribution in [0.15, 0.2) is 77.0 Å². The van der Waals surface area contributed by atoms with Gasteiger partial charge in [-0.05, 0) is 55.5 Å². The summed E-state index contributed by atoms with van der Waals surface area (Å²) >= 11 is 0. The van der Waals surface area contributed by atoms with Crippen molar-refractivity contribution in [3.8, 4) is 0 Å². The zero-order valence-corrected chi connectivity index (χ0v) is 14.4. The van der Waals surface area contributed by atoms with Crippen LogP contribution in [-0.4, -0.2) is 10.5 Å². The summed E-state index contributed by atoms with van der Waals surface area (Å²) in [5, 5.41) is 11.0. The van der Waals surface area contributed by atoms with Crippen LogP contribution in [-0.2, 0) is 6.54 Å². The number of nitrogens with two attached hydrogens (primary N) is 1. The summed E-state index contributed by atoms with van der Waals surface area (Å²) < 4.78 is 2.30. The Morgan fingerprint density at radius 1 is 0.885 bits per heavy atom. The predicted molar refractivity (Wildman–Crippen MR) is 104 cm³/mol. The minimum atomic E-state index is -0.453. The molecule has 4 aromatic rings. The summed E-state index contributed by atoms with van der Waals surface area (Å²) in [6.45, 7) is 3.06. The lowest BCUT2D eigenvalue weighted by atomic mass is 10.1. The van der Waals surface area contributed by atoms with Gasteiger partial charge >= 0.3 is 0 Å². The summed E-state index contributed by atoms with van der Waals surface area (Å²) in [7, 11) is 0. The van der Waals surface area contributed by atoms with Crippen molar-refractivity contribution in [2.75, 3.05) is 0 Å². The number of aromatic nitrogens is 1. The molecule has 0 saturated carbocycles. The number of rotatable bonds is 4. The predicted octanol–water partition coefficient (Wildman–Crippen LogP) is 5.33. The number of amides is 1. The molecule has 3 aromatic carbocycles. The first kappa shape index (κ1) is 16.0. The quantitative estimate of drug-likeness (QED) is 0.500. The van der Waals surface area contributed by atoms with E-state index in [1.165, 1.54) is 21.8 Å². The van der Waals surface area contributed by atoms with Crippen molar-refractivity contribution in [1.29, 1.82) is 0 Å². The van der Waals surface area contributed by atoms with E-state index in [0.29, 0.717) is 11.3 Å². The number of aryl methyl sites for hydroxylation is 1. The van der Waals surface area contributed by atoms with Crippen LogP contribution in [0.2, 0.25) is 0 Å². The van der Waals surface area contributed by atoms with Gasteiger partial charge in [-0.15, -0.1) is 0 Å². The smallest absolute Gasteiger partial charge is 0.248 e. The van der Waals surface area contributed by atoms with Gasteiger partial charge in [0, 0.05) is 33.9 Å². The summed E-state index contributed by atoms with van der Waals surface area (Å²) in [4.78, 5) is 11.1. The lowest BCUT2D eigenvalue weighted by Gasteiger charge is -2.02. The van der Waals surface area contributed by atoms with E-state index in [2.05, 4.69) is 58.1 Å². The summed E-state index contributed by atoms with van der Waals surface area (Å²) in [5.74, 6) is -0.453. The van der Waals surface area contributed by atoms with E-state index in [9.17, 15) is 4.79 Å². The van der Waals surface area contributed by atoms with Crippen molar-refractivity contribution >= 4 is 39.1 Å².